The van der Waals surface area contributed by atoms with E-state index < -0.39 is 0 Å². The molecule has 0 aromatic heterocycles. The molecule has 4 unspecified atom stereocenters. The first-order valence-corrected chi connectivity index (χ1v) is 7.36. The predicted octanol–water partition coefficient (Wildman–Crippen LogP) is 2.67. The third-order valence-electron chi connectivity index (χ3n) is 4.52. The van der Waals surface area contributed by atoms with Crippen molar-refractivity contribution in [1.29, 1.82) is 0 Å². The third kappa shape index (κ3) is 2.95. The summed E-state index contributed by atoms with van der Waals surface area (Å²) in [5, 5.41) is 0. The number of hydrogen-bond acceptors (Lipinski definition) is 3. The summed E-state index contributed by atoms with van der Waals surface area (Å²) in [5.74, 6) is 1.44. The summed E-state index contributed by atoms with van der Waals surface area (Å²) >= 11 is 0. The Morgan fingerprint density at radius 1 is 1.11 bits per heavy atom. The van der Waals surface area contributed by atoms with Crippen LogP contribution in [0, 0.1) is 11.8 Å². The fraction of sp³-hybridized carbons (Fsp3) is 0.867. The van der Waals surface area contributed by atoms with Gasteiger partial charge in [-0.2, -0.15) is 0 Å². The lowest BCUT2D eigenvalue weighted by Gasteiger charge is -2.32. The van der Waals surface area contributed by atoms with Crippen molar-refractivity contribution < 1.29 is 9.47 Å². The second kappa shape index (κ2) is 6.69. The maximum atomic E-state index is 6.16. The van der Waals surface area contributed by atoms with Crippen molar-refractivity contribution >= 4 is 0 Å². The first kappa shape index (κ1) is 14.0. The molecule has 2 aliphatic carbocycles. The summed E-state index contributed by atoms with van der Waals surface area (Å²) in [6, 6.07) is 0. The van der Waals surface area contributed by atoms with Gasteiger partial charge in [0.2, 0.25) is 0 Å². The molecule has 3 heteroatoms. The Labute approximate surface area is 111 Å². The quantitative estimate of drug-likeness (QED) is 0.490. The topological polar surface area (TPSA) is 21.7 Å². The summed E-state index contributed by atoms with van der Waals surface area (Å²) in [6.45, 7) is 11.6. The molecule has 0 aromatic rings. The van der Waals surface area contributed by atoms with Crippen LogP contribution in [-0.4, -0.2) is 43.5 Å². The molecule has 18 heavy (non-hydrogen) atoms. The molecule has 0 heterocycles. The SMILES string of the molecule is C=CCOC1C2CCC(C2)C1OCN(CC)CC. The molecule has 2 bridgehead atoms. The van der Waals surface area contributed by atoms with Crippen LogP contribution in [0.5, 0.6) is 0 Å². The summed E-state index contributed by atoms with van der Waals surface area (Å²) in [5.41, 5.74) is 0. The van der Waals surface area contributed by atoms with Crippen molar-refractivity contribution in [2.45, 2.75) is 45.3 Å². The maximum absolute atomic E-state index is 6.16. The summed E-state index contributed by atoms with van der Waals surface area (Å²) in [7, 11) is 0. The Morgan fingerprint density at radius 2 is 1.72 bits per heavy atom. The second-order valence-electron chi connectivity index (χ2n) is 5.48. The zero-order valence-corrected chi connectivity index (χ0v) is 11.8. The van der Waals surface area contributed by atoms with Crippen molar-refractivity contribution in [2.24, 2.45) is 11.8 Å². The Balaban J connectivity index is 1.86. The Hall–Kier alpha value is -0.380. The van der Waals surface area contributed by atoms with Gasteiger partial charge in [0, 0.05) is 0 Å². The molecule has 2 rings (SSSR count). The lowest BCUT2D eigenvalue weighted by atomic mass is 9.94. The largest absolute Gasteiger partial charge is 0.371 e. The minimum Gasteiger partial charge on any atom is -0.371 e. The molecule has 2 aliphatic rings. The van der Waals surface area contributed by atoms with Gasteiger partial charge in [-0.15, -0.1) is 6.58 Å². The molecule has 2 saturated carbocycles. The minimum absolute atomic E-state index is 0.303. The first-order valence-electron chi connectivity index (χ1n) is 7.36. The molecular formula is C15H27NO2. The highest BCUT2D eigenvalue weighted by atomic mass is 16.5. The lowest BCUT2D eigenvalue weighted by molar-refractivity contribution is -0.116. The van der Waals surface area contributed by atoms with E-state index in [2.05, 4.69) is 25.3 Å². The normalized spacial score (nSPS) is 34.4. The molecule has 2 fully saturated rings. The van der Waals surface area contributed by atoms with Crippen molar-refractivity contribution in [3.8, 4) is 0 Å². The van der Waals surface area contributed by atoms with Gasteiger partial charge in [0.05, 0.1) is 25.5 Å². The van der Waals surface area contributed by atoms with Crippen LogP contribution in [0.3, 0.4) is 0 Å². The van der Waals surface area contributed by atoms with Gasteiger partial charge >= 0.3 is 0 Å². The first-order chi connectivity index (χ1) is 8.80. The minimum atomic E-state index is 0.303. The van der Waals surface area contributed by atoms with Crippen molar-refractivity contribution in [3.05, 3.63) is 12.7 Å². The van der Waals surface area contributed by atoms with Crippen molar-refractivity contribution in [1.82, 2.24) is 4.90 Å². The summed E-state index contributed by atoms with van der Waals surface area (Å²) in [6.07, 6.45) is 6.39. The standard InChI is InChI=1S/C15H27NO2/c1-4-9-17-14-12-7-8-13(10-12)15(14)18-11-16(5-2)6-3/h4,12-15H,1,5-11H2,2-3H3. The number of ether oxygens (including phenoxy) is 2. The second-order valence-corrected chi connectivity index (χ2v) is 5.48. The molecule has 4 atom stereocenters. The van der Waals surface area contributed by atoms with E-state index in [1.807, 2.05) is 6.08 Å². The van der Waals surface area contributed by atoms with Crippen LogP contribution in [0.4, 0.5) is 0 Å². The Bertz CT molecular complexity index is 265. The molecule has 0 amide bonds. The van der Waals surface area contributed by atoms with Gasteiger partial charge in [0.25, 0.3) is 0 Å². The van der Waals surface area contributed by atoms with E-state index in [0.29, 0.717) is 18.8 Å². The molecule has 0 N–H and O–H groups in total. The van der Waals surface area contributed by atoms with Crippen molar-refractivity contribution in [2.75, 3.05) is 26.4 Å². The highest BCUT2D eigenvalue weighted by Crippen LogP contribution is 2.47. The molecule has 0 radical (unpaired) electrons. The molecule has 0 aromatic carbocycles. The lowest BCUT2D eigenvalue weighted by Crippen LogP contribution is -2.40. The molecule has 0 spiro atoms. The molecule has 0 saturated heterocycles. The van der Waals surface area contributed by atoms with E-state index in [-0.39, 0.29) is 0 Å². The number of fused-ring (bicyclic) bond motifs is 2. The molecule has 3 nitrogen and oxygen atoms in total. The van der Waals surface area contributed by atoms with Crippen LogP contribution in [0.2, 0.25) is 0 Å². The van der Waals surface area contributed by atoms with Gasteiger partial charge in [0.15, 0.2) is 0 Å². The molecule has 0 aliphatic heterocycles. The van der Waals surface area contributed by atoms with E-state index >= 15 is 0 Å². The Morgan fingerprint density at radius 3 is 2.28 bits per heavy atom. The number of rotatable bonds is 8. The third-order valence-corrected chi connectivity index (χ3v) is 4.52. The number of nitrogens with zero attached hydrogens (tertiary/aromatic N) is 1. The number of hydrogen-bond donors (Lipinski definition) is 0. The highest BCUT2D eigenvalue weighted by Gasteiger charge is 2.49. The molecular weight excluding hydrogens is 226 g/mol. The van der Waals surface area contributed by atoms with E-state index in [1.165, 1.54) is 19.3 Å². The summed E-state index contributed by atoms with van der Waals surface area (Å²) < 4.78 is 12.1. The van der Waals surface area contributed by atoms with Gasteiger partial charge < -0.3 is 9.47 Å². The zero-order valence-electron chi connectivity index (χ0n) is 11.8. The fourth-order valence-electron chi connectivity index (χ4n) is 3.42. The monoisotopic (exact) mass is 253 g/mol. The average molecular weight is 253 g/mol. The van der Waals surface area contributed by atoms with Gasteiger partial charge in [0.1, 0.15) is 0 Å². The molecule has 104 valence electrons. The van der Waals surface area contributed by atoms with E-state index in [1.54, 1.807) is 0 Å². The van der Waals surface area contributed by atoms with E-state index in [0.717, 1.165) is 31.7 Å². The maximum Gasteiger partial charge on any atom is 0.0995 e. The Kier molecular flexibility index (Phi) is 5.22. The van der Waals surface area contributed by atoms with E-state index in [4.69, 9.17) is 9.47 Å². The summed E-state index contributed by atoms with van der Waals surface area (Å²) in [4.78, 5) is 2.32. The van der Waals surface area contributed by atoms with Gasteiger partial charge in [-0.05, 0) is 44.2 Å². The van der Waals surface area contributed by atoms with Crippen molar-refractivity contribution in [3.63, 3.8) is 0 Å². The van der Waals surface area contributed by atoms with Crippen LogP contribution in [0.15, 0.2) is 12.7 Å². The van der Waals surface area contributed by atoms with Gasteiger partial charge in [-0.25, -0.2) is 0 Å². The fourth-order valence-corrected chi connectivity index (χ4v) is 3.42. The highest BCUT2D eigenvalue weighted by molar-refractivity contribution is 4.99. The smallest absolute Gasteiger partial charge is 0.0995 e. The van der Waals surface area contributed by atoms with Crippen LogP contribution in [-0.2, 0) is 9.47 Å². The van der Waals surface area contributed by atoms with Gasteiger partial charge in [-0.1, -0.05) is 19.9 Å². The van der Waals surface area contributed by atoms with Crippen LogP contribution in [0.25, 0.3) is 0 Å². The van der Waals surface area contributed by atoms with Crippen LogP contribution in [0.1, 0.15) is 33.1 Å². The van der Waals surface area contributed by atoms with Crippen LogP contribution < -0.4 is 0 Å². The van der Waals surface area contributed by atoms with Crippen LogP contribution >= 0.6 is 0 Å². The predicted molar refractivity (Wildman–Crippen MR) is 73.4 cm³/mol. The van der Waals surface area contributed by atoms with E-state index in [9.17, 15) is 0 Å². The van der Waals surface area contributed by atoms with Gasteiger partial charge in [-0.3, -0.25) is 4.90 Å². The zero-order chi connectivity index (χ0) is 13.0. The average Bonchev–Trinajstić information content (AvgIpc) is 2.98.